The van der Waals surface area contributed by atoms with Crippen LogP contribution in [0.25, 0.3) is 11.1 Å². The molecule has 0 atom stereocenters. The number of aryl methyl sites for hydroxylation is 1. The molecule has 3 nitrogen and oxygen atoms in total. The molecule has 134 valence electrons. The molecule has 0 aliphatic heterocycles. The van der Waals surface area contributed by atoms with Crippen LogP contribution in [0, 0.1) is 0 Å². The minimum Gasteiger partial charge on any atom is -0.481 e. The van der Waals surface area contributed by atoms with Gasteiger partial charge in [-0.1, -0.05) is 67.9 Å². The summed E-state index contributed by atoms with van der Waals surface area (Å²) in [6, 6.07) is 21.1. The first-order valence-corrected chi connectivity index (χ1v) is 9.17. The summed E-state index contributed by atoms with van der Waals surface area (Å²) in [5.41, 5.74) is 6.12. The predicted molar refractivity (Wildman–Crippen MR) is 107 cm³/mol. The number of nitrogens with zero attached hydrogens (tertiary/aromatic N) is 1. The summed E-state index contributed by atoms with van der Waals surface area (Å²) in [5.74, 6) is 0.680. The molecular formula is C23H26N2O. The Balaban J connectivity index is 1.73. The summed E-state index contributed by atoms with van der Waals surface area (Å²) in [7, 11) is 1.67. The van der Waals surface area contributed by atoms with Gasteiger partial charge in [-0.25, -0.2) is 4.98 Å². The van der Waals surface area contributed by atoms with Gasteiger partial charge in [-0.05, 0) is 29.2 Å². The smallest absolute Gasteiger partial charge is 0.217 e. The second-order valence-electron chi connectivity index (χ2n) is 6.38. The normalized spacial score (nSPS) is 10.7. The van der Waals surface area contributed by atoms with Crippen molar-refractivity contribution in [2.45, 2.75) is 32.9 Å². The molecule has 0 amide bonds. The lowest BCUT2D eigenvalue weighted by molar-refractivity contribution is 0.390. The second kappa shape index (κ2) is 9.16. The number of pyridine rings is 1. The third-order valence-electron chi connectivity index (χ3n) is 4.49. The summed E-state index contributed by atoms with van der Waals surface area (Å²) in [4.78, 5) is 4.48. The minimum absolute atomic E-state index is 0.680. The molecule has 1 heterocycles. The topological polar surface area (TPSA) is 34.2 Å². The van der Waals surface area contributed by atoms with E-state index in [4.69, 9.17) is 4.74 Å². The first-order chi connectivity index (χ1) is 12.8. The number of benzene rings is 2. The van der Waals surface area contributed by atoms with E-state index in [-0.39, 0.29) is 0 Å². The molecule has 0 aliphatic carbocycles. The summed E-state index contributed by atoms with van der Waals surface area (Å²) in [6.45, 7) is 3.78. The third-order valence-corrected chi connectivity index (χ3v) is 4.49. The molecule has 0 spiro atoms. The second-order valence-corrected chi connectivity index (χ2v) is 6.38. The highest BCUT2D eigenvalue weighted by molar-refractivity contribution is 5.63. The van der Waals surface area contributed by atoms with Crippen molar-refractivity contribution in [3.05, 3.63) is 83.6 Å². The quantitative estimate of drug-likeness (QED) is 0.623. The van der Waals surface area contributed by atoms with Crippen LogP contribution in [0.1, 0.15) is 30.0 Å². The number of hydrogen-bond acceptors (Lipinski definition) is 3. The van der Waals surface area contributed by atoms with Gasteiger partial charge >= 0.3 is 0 Å². The molecule has 0 bridgehead atoms. The molecule has 1 N–H and O–H groups in total. The highest BCUT2D eigenvalue weighted by atomic mass is 16.5. The maximum atomic E-state index is 5.45. The minimum atomic E-state index is 0.680. The molecule has 3 rings (SSSR count). The summed E-state index contributed by atoms with van der Waals surface area (Å²) in [6.07, 6.45) is 4.15. The summed E-state index contributed by atoms with van der Waals surface area (Å²) in [5, 5.41) is 3.55. The number of rotatable bonds is 8. The van der Waals surface area contributed by atoms with Gasteiger partial charge in [0.25, 0.3) is 0 Å². The van der Waals surface area contributed by atoms with Crippen LogP contribution in [-0.4, -0.2) is 12.1 Å². The van der Waals surface area contributed by atoms with Gasteiger partial charge in [0.1, 0.15) is 0 Å². The summed E-state index contributed by atoms with van der Waals surface area (Å²) < 4.78 is 5.45. The number of methoxy groups -OCH3 is 1. The Bertz CT molecular complexity index is 831. The average Bonchev–Trinajstić information content (AvgIpc) is 2.70. The van der Waals surface area contributed by atoms with Crippen molar-refractivity contribution < 1.29 is 4.74 Å². The monoisotopic (exact) mass is 346 g/mol. The molecule has 0 fully saturated rings. The number of ether oxygens (including phenoxy) is 1. The zero-order chi connectivity index (χ0) is 18.2. The van der Waals surface area contributed by atoms with Crippen LogP contribution in [0.5, 0.6) is 5.88 Å². The predicted octanol–water partition coefficient (Wildman–Crippen LogP) is 5.00. The average molecular weight is 346 g/mol. The Morgan fingerprint density at radius 3 is 2.27 bits per heavy atom. The molecule has 0 saturated heterocycles. The van der Waals surface area contributed by atoms with Gasteiger partial charge in [0.05, 0.1) is 7.11 Å². The van der Waals surface area contributed by atoms with Crippen LogP contribution >= 0.6 is 0 Å². The summed E-state index contributed by atoms with van der Waals surface area (Å²) >= 11 is 0. The first-order valence-electron chi connectivity index (χ1n) is 9.17. The van der Waals surface area contributed by atoms with Crippen molar-refractivity contribution in [2.24, 2.45) is 0 Å². The first kappa shape index (κ1) is 18.2. The van der Waals surface area contributed by atoms with Crippen LogP contribution < -0.4 is 10.1 Å². The van der Waals surface area contributed by atoms with Gasteiger partial charge in [0.15, 0.2) is 0 Å². The molecular weight excluding hydrogens is 320 g/mol. The molecule has 0 aliphatic rings. The molecule has 1 aromatic heterocycles. The van der Waals surface area contributed by atoms with E-state index in [1.54, 1.807) is 7.11 Å². The fourth-order valence-corrected chi connectivity index (χ4v) is 3.17. The van der Waals surface area contributed by atoms with Crippen LogP contribution in [0.4, 0.5) is 0 Å². The molecule has 3 aromatic rings. The van der Waals surface area contributed by atoms with Gasteiger partial charge in [-0.2, -0.15) is 0 Å². The van der Waals surface area contributed by atoms with E-state index in [1.807, 2.05) is 24.4 Å². The molecule has 26 heavy (non-hydrogen) atoms. The van der Waals surface area contributed by atoms with Crippen molar-refractivity contribution in [3.8, 4) is 17.0 Å². The van der Waals surface area contributed by atoms with E-state index in [2.05, 4.69) is 59.7 Å². The fourth-order valence-electron chi connectivity index (χ4n) is 3.17. The Labute approximate surface area is 156 Å². The van der Waals surface area contributed by atoms with Gasteiger partial charge < -0.3 is 10.1 Å². The van der Waals surface area contributed by atoms with Crippen molar-refractivity contribution in [2.75, 3.05) is 7.11 Å². The molecule has 2 aromatic carbocycles. The maximum Gasteiger partial charge on any atom is 0.217 e. The number of aromatic nitrogens is 1. The molecule has 0 unspecified atom stereocenters. The van der Waals surface area contributed by atoms with Crippen molar-refractivity contribution >= 4 is 0 Å². The van der Waals surface area contributed by atoms with E-state index < -0.39 is 0 Å². The lowest BCUT2D eigenvalue weighted by atomic mass is 10.0. The number of hydrogen-bond donors (Lipinski definition) is 1. The van der Waals surface area contributed by atoms with E-state index in [0.29, 0.717) is 5.88 Å². The lowest BCUT2D eigenvalue weighted by Gasteiger charge is -2.13. The standard InChI is InChI=1S/C23H26N2O/c1-3-9-18-12-7-8-13-20(18)15-24-16-22-14-21(17-25-23(22)26-2)19-10-5-4-6-11-19/h4-8,10-14,17,24H,3,9,15-16H2,1-2H3. The van der Waals surface area contributed by atoms with E-state index in [1.165, 1.54) is 11.1 Å². The van der Waals surface area contributed by atoms with E-state index in [9.17, 15) is 0 Å². The Morgan fingerprint density at radius 1 is 0.846 bits per heavy atom. The zero-order valence-electron chi connectivity index (χ0n) is 15.5. The number of nitrogens with one attached hydrogen (secondary N) is 1. The van der Waals surface area contributed by atoms with Gasteiger partial charge in [-0.15, -0.1) is 0 Å². The van der Waals surface area contributed by atoms with Gasteiger partial charge in [0, 0.05) is 30.4 Å². The van der Waals surface area contributed by atoms with Crippen molar-refractivity contribution in [1.82, 2.24) is 10.3 Å². The Hall–Kier alpha value is -2.65. The molecule has 0 radical (unpaired) electrons. The largest absolute Gasteiger partial charge is 0.481 e. The molecule has 0 saturated carbocycles. The SMILES string of the molecule is CCCc1ccccc1CNCc1cc(-c2ccccc2)cnc1OC. The van der Waals surface area contributed by atoms with Crippen LogP contribution in [0.3, 0.4) is 0 Å². The Morgan fingerprint density at radius 2 is 1.54 bits per heavy atom. The Kier molecular flexibility index (Phi) is 6.39. The van der Waals surface area contributed by atoms with Crippen LogP contribution in [-0.2, 0) is 19.5 Å². The fraction of sp³-hybridized carbons (Fsp3) is 0.261. The highest BCUT2D eigenvalue weighted by Crippen LogP contribution is 2.24. The highest BCUT2D eigenvalue weighted by Gasteiger charge is 2.08. The van der Waals surface area contributed by atoms with Crippen molar-refractivity contribution in [1.29, 1.82) is 0 Å². The third kappa shape index (κ3) is 4.50. The maximum absolute atomic E-state index is 5.45. The van der Waals surface area contributed by atoms with Gasteiger partial charge in [0.2, 0.25) is 5.88 Å². The van der Waals surface area contributed by atoms with E-state index >= 15 is 0 Å². The zero-order valence-corrected chi connectivity index (χ0v) is 15.5. The van der Waals surface area contributed by atoms with Crippen molar-refractivity contribution in [3.63, 3.8) is 0 Å². The molecule has 3 heteroatoms. The van der Waals surface area contributed by atoms with Crippen LogP contribution in [0.15, 0.2) is 66.9 Å². The lowest BCUT2D eigenvalue weighted by Crippen LogP contribution is -2.15. The van der Waals surface area contributed by atoms with Gasteiger partial charge in [-0.3, -0.25) is 0 Å². The van der Waals surface area contributed by atoms with Crippen LogP contribution in [0.2, 0.25) is 0 Å². The van der Waals surface area contributed by atoms with E-state index in [0.717, 1.165) is 42.6 Å².